The number of likely N-dealkylation sites (tertiary alicyclic amines) is 1. The highest BCUT2D eigenvalue weighted by Gasteiger charge is 2.24. The Morgan fingerprint density at radius 3 is 2.47 bits per heavy atom. The molecule has 1 saturated heterocycles. The molecule has 1 aliphatic rings. The number of ether oxygens (including phenoxy) is 2. The zero-order chi connectivity index (χ0) is 21.9. The minimum Gasteiger partial charge on any atom is -0.497 e. The van der Waals surface area contributed by atoms with Crippen molar-refractivity contribution in [2.24, 2.45) is 0 Å². The Bertz CT molecular complexity index is 1170. The van der Waals surface area contributed by atoms with Gasteiger partial charge in [0.05, 0.1) is 20.8 Å². The molecular formula is C27H30N2O2S. The maximum atomic E-state index is 5.56. The molecule has 0 amide bonds. The highest BCUT2D eigenvalue weighted by atomic mass is 32.1. The highest BCUT2D eigenvalue weighted by molar-refractivity contribution is 7.09. The third-order valence-corrected chi connectivity index (χ3v) is 7.45. The van der Waals surface area contributed by atoms with E-state index in [1.54, 1.807) is 14.2 Å². The zero-order valence-electron chi connectivity index (χ0n) is 18.8. The molecule has 0 unspecified atom stereocenters. The molecule has 4 nitrogen and oxygen atoms in total. The van der Waals surface area contributed by atoms with Gasteiger partial charge in [-0.05, 0) is 84.8 Å². The molecule has 4 aromatic rings. The van der Waals surface area contributed by atoms with Gasteiger partial charge in [-0.25, -0.2) is 0 Å². The first-order valence-electron chi connectivity index (χ1n) is 11.3. The number of methoxy groups -OCH3 is 2. The molecule has 0 atom stereocenters. The Labute approximate surface area is 194 Å². The third kappa shape index (κ3) is 4.41. The van der Waals surface area contributed by atoms with Crippen LogP contribution in [0.15, 0.2) is 66.2 Å². The molecule has 0 aliphatic carbocycles. The minimum atomic E-state index is 0.579. The van der Waals surface area contributed by atoms with Crippen molar-refractivity contribution in [2.45, 2.75) is 31.8 Å². The van der Waals surface area contributed by atoms with Gasteiger partial charge in [0.1, 0.15) is 11.5 Å². The summed E-state index contributed by atoms with van der Waals surface area (Å²) in [6, 6.07) is 19.3. The lowest BCUT2D eigenvalue weighted by molar-refractivity contribution is 0.205. The smallest absolute Gasteiger partial charge is 0.119 e. The van der Waals surface area contributed by atoms with E-state index in [0.29, 0.717) is 5.92 Å². The SMILES string of the molecule is COc1cccc(CN2CCC(c3cn(Cc4cccs4)c4ccc(OC)cc34)CC2)c1. The van der Waals surface area contributed by atoms with Crippen molar-refractivity contribution in [2.75, 3.05) is 27.3 Å². The molecule has 2 aromatic heterocycles. The molecule has 0 radical (unpaired) electrons. The van der Waals surface area contributed by atoms with Gasteiger partial charge in [0.15, 0.2) is 0 Å². The van der Waals surface area contributed by atoms with Crippen LogP contribution in [0.3, 0.4) is 0 Å². The van der Waals surface area contributed by atoms with Crippen molar-refractivity contribution in [3.05, 3.63) is 82.2 Å². The van der Waals surface area contributed by atoms with Gasteiger partial charge in [0, 0.05) is 28.5 Å². The van der Waals surface area contributed by atoms with Crippen LogP contribution in [0.1, 0.15) is 34.8 Å². The van der Waals surface area contributed by atoms with Crippen LogP contribution in [-0.4, -0.2) is 36.8 Å². The minimum absolute atomic E-state index is 0.579. The summed E-state index contributed by atoms with van der Waals surface area (Å²) in [7, 11) is 3.48. The van der Waals surface area contributed by atoms with Gasteiger partial charge in [0.25, 0.3) is 0 Å². The number of piperidine rings is 1. The third-order valence-electron chi connectivity index (χ3n) is 6.59. The van der Waals surface area contributed by atoms with E-state index < -0.39 is 0 Å². The number of nitrogens with zero attached hydrogens (tertiary/aromatic N) is 2. The van der Waals surface area contributed by atoms with E-state index in [2.05, 4.69) is 69.6 Å². The summed E-state index contributed by atoms with van der Waals surface area (Å²) in [5, 5.41) is 3.50. The first-order valence-corrected chi connectivity index (χ1v) is 12.2. The maximum absolute atomic E-state index is 5.56. The molecule has 1 aliphatic heterocycles. The Kier molecular flexibility index (Phi) is 6.19. The van der Waals surface area contributed by atoms with Gasteiger partial charge in [-0.3, -0.25) is 4.90 Å². The Morgan fingerprint density at radius 1 is 0.906 bits per heavy atom. The summed E-state index contributed by atoms with van der Waals surface area (Å²) in [4.78, 5) is 3.95. The zero-order valence-corrected chi connectivity index (χ0v) is 19.6. The molecule has 3 heterocycles. The number of thiophene rings is 1. The summed E-state index contributed by atoms with van der Waals surface area (Å²) in [6.07, 6.45) is 4.75. The molecule has 32 heavy (non-hydrogen) atoms. The van der Waals surface area contributed by atoms with Gasteiger partial charge in [-0.2, -0.15) is 0 Å². The van der Waals surface area contributed by atoms with Crippen molar-refractivity contribution in [3.63, 3.8) is 0 Å². The lowest BCUT2D eigenvalue weighted by Gasteiger charge is -2.32. The molecule has 166 valence electrons. The van der Waals surface area contributed by atoms with Crippen LogP contribution in [0.4, 0.5) is 0 Å². The monoisotopic (exact) mass is 446 g/mol. The quantitative estimate of drug-likeness (QED) is 0.341. The fourth-order valence-corrected chi connectivity index (χ4v) is 5.59. The van der Waals surface area contributed by atoms with Crippen molar-refractivity contribution in [1.82, 2.24) is 9.47 Å². The first-order chi connectivity index (χ1) is 15.7. The Morgan fingerprint density at radius 2 is 1.72 bits per heavy atom. The molecule has 1 fully saturated rings. The van der Waals surface area contributed by atoms with Gasteiger partial charge >= 0.3 is 0 Å². The van der Waals surface area contributed by atoms with Crippen LogP contribution >= 0.6 is 11.3 Å². The predicted molar refractivity (Wildman–Crippen MR) is 132 cm³/mol. The molecule has 0 bridgehead atoms. The molecular weight excluding hydrogens is 416 g/mol. The van der Waals surface area contributed by atoms with Crippen molar-refractivity contribution in [3.8, 4) is 11.5 Å². The number of hydrogen-bond acceptors (Lipinski definition) is 4. The lowest BCUT2D eigenvalue weighted by atomic mass is 9.89. The van der Waals surface area contributed by atoms with E-state index in [9.17, 15) is 0 Å². The first kappa shape index (κ1) is 21.1. The summed E-state index contributed by atoms with van der Waals surface area (Å²) in [5.41, 5.74) is 4.09. The predicted octanol–water partition coefficient (Wildman–Crippen LogP) is 6.15. The Balaban J connectivity index is 1.35. The van der Waals surface area contributed by atoms with E-state index in [-0.39, 0.29) is 0 Å². The van der Waals surface area contributed by atoms with E-state index in [1.807, 2.05) is 17.4 Å². The largest absolute Gasteiger partial charge is 0.497 e. The normalized spacial score (nSPS) is 15.3. The highest BCUT2D eigenvalue weighted by Crippen LogP contribution is 2.37. The van der Waals surface area contributed by atoms with Gasteiger partial charge in [-0.1, -0.05) is 18.2 Å². The number of hydrogen-bond donors (Lipinski definition) is 0. The van der Waals surface area contributed by atoms with Crippen molar-refractivity contribution in [1.29, 1.82) is 0 Å². The summed E-state index contributed by atoms with van der Waals surface area (Å²) >= 11 is 1.82. The summed E-state index contributed by atoms with van der Waals surface area (Å²) < 4.78 is 13.4. The van der Waals surface area contributed by atoms with Crippen molar-refractivity contribution < 1.29 is 9.47 Å². The van der Waals surface area contributed by atoms with Gasteiger partial charge in [-0.15, -0.1) is 11.3 Å². The average Bonchev–Trinajstić information content (AvgIpc) is 3.48. The molecule has 2 aromatic carbocycles. The fourth-order valence-electron chi connectivity index (χ4n) is 4.89. The summed E-state index contributed by atoms with van der Waals surface area (Å²) in [5.74, 6) is 2.45. The molecule has 0 saturated carbocycles. The number of rotatable bonds is 7. The van der Waals surface area contributed by atoms with Gasteiger partial charge < -0.3 is 14.0 Å². The van der Waals surface area contributed by atoms with Crippen LogP contribution in [0, 0.1) is 0 Å². The van der Waals surface area contributed by atoms with Crippen LogP contribution in [0.25, 0.3) is 10.9 Å². The summed E-state index contributed by atoms with van der Waals surface area (Å²) in [6.45, 7) is 4.14. The molecule has 0 spiro atoms. The van der Waals surface area contributed by atoms with Crippen LogP contribution < -0.4 is 9.47 Å². The second kappa shape index (κ2) is 9.39. The second-order valence-corrected chi connectivity index (χ2v) is 9.61. The van der Waals surface area contributed by atoms with E-state index >= 15 is 0 Å². The number of fused-ring (bicyclic) bond motifs is 1. The van der Waals surface area contributed by atoms with Crippen LogP contribution in [0.2, 0.25) is 0 Å². The molecule has 5 rings (SSSR count). The molecule has 0 N–H and O–H groups in total. The van der Waals surface area contributed by atoms with E-state index in [0.717, 1.165) is 37.7 Å². The van der Waals surface area contributed by atoms with Crippen LogP contribution in [-0.2, 0) is 13.1 Å². The van der Waals surface area contributed by atoms with Crippen LogP contribution in [0.5, 0.6) is 11.5 Å². The molecule has 5 heteroatoms. The van der Waals surface area contributed by atoms with E-state index in [4.69, 9.17) is 9.47 Å². The standard InChI is InChI=1S/C27H30N2O2S/c1-30-22-6-3-5-20(15-22)17-28-12-10-21(11-13-28)26-19-29(18-24-7-4-14-32-24)27-9-8-23(31-2)16-25(26)27/h3-9,14-16,19,21H,10-13,17-18H2,1-2H3. The second-order valence-electron chi connectivity index (χ2n) is 8.58. The fraction of sp³-hybridized carbons (Fsp3) is 0.333. The topological polar surface area (TPSA) is 26.6 Å². The van der Waals surface area contributed by atoms with Crippen molar-refractivity contribution >= 4 is 22.2 Å². The number of benzene rings is 2. The van der Waals surface area contributed by atoms with E-state index in [1.165, 1.54) is 39.7 Å². The number of aromatic nitrogens is 1. The lowest BCUT2D eigenvalue weighted by Crippen LogP contribution is -2.32. The Hall–Kier alpha value is -2.76. The maximum Gasteiger partial charge on any atom is 0.119 e. The van der Waals surface area contributed by atoms with Gasteiger partial charge in [0.2, 0.25) is 0 Å². The average molecular weight is 447 g/mol.